The molecule has 1 rings (SSSR count). The van der Waals surface area contributed by atoms with Gasteiger partial charge in [-0.2, -0.15) is 0 Å². The molecule has 0 saturated heterocycles. The van der Waals surface area contributed by atoms with E-state index in [1.165, 1.54) is 16.7 Å². The summed E-state index contributed by atoms with van der Waals surface area (Å²) in [5.74, 6) is 0.168. The molecule has 1 nitrogen and oxygen atoms in total. The summed E-state index contributed by atoms with van der Waals surface area (Å²) in [6.07, 6.45) is 5.01. The molecule has 0 radical (unpaired) electrons. The van der Waals surface area contributed by atoms with Gasteiger partial charge in [-0.3, -0.25) is 0 Å². The zero-order valence-corrected chi connectivity index (χ0v) is 10.4. The maximum Gasteiger partial charge on any atom is 0.123 e. The summed E-state index contributed by atoms with van der Waals surface area (Å²) in [6, 6.07) is 8.44. The van der Waals surface area contributed by atoms with Crippen molar-refractivity contribution in [1.29, 1.82) is 0 Å². The van der Waals surface area contributed by atoms with Crippen LogP contribution in [0, 0.1) is 12.8 Å². The Morgan fingerprint density at radius 1 is 1.31 bits per heavy atom. The summed E-state index contributed by atoms with van der Waals surface area (Å²) in [4.78, 5) is 10.7. The van der Waals surface area contributed by atoms with Crippen molar-refractivity contribution >= 4 is 12.4 Å². The lowest BCUT2D eigenvalue weighted by Gasteiger charge is -2.07. The highest BCUT2D eigenvalue weighted by Crippen LogP contribution is 2.16. The van der Waals surface area contributed by atoms with E-state index in [1.807, 2.05) is 0 Å². The van der Waals surface area contributed by atoms with Crippen molar-refractivity contribution in [2.45, 2.75) is 33.6 Å². The first-order valence-electron chi connectivity index (χ1n) is 5.84. The van der Waals surface area contributed by atoms with Crippen LogP contribution >= 0.6 is 0 Å². The van der Waals surface area contributed by atoms with Gasteiger partial charge in [-0.1, -0.05) is 48.4 Å². The molecule has 1 atom stereocenters. The number of benzene rings is 1. The quantitative estimate of drug-likeness (QED) is 0.679. The average molecular weight is 216 g/mol. The van der Waals surface area contributed by atoms with Crippen molar-refractivity contribution in [3.05, 3.63) is 41.0 Å². The van der Waals surface area contributed by atoms with Crippen molar-refractivity contribution in [3.63, 3.8) is 0 Å². The predicted octanol–water partition coefficient (Wildman–Crippen LogP) is 4.01. The van der Waals surface area contributed by atoms with Gasteiger partial charge in [0.15, 0.2) is 0 Å². The molecule has 0 heterocycles. The van der Waals surface area contributed by atoms with Crippen molar-refractivity contribution in [1.82, 2.24) is 0 Å². The molecule has 0 amide bonds. The van der Waals surface area contributed by atoms with Crippen LogP contribution in [0.3, 0.4) is 0 Å². The molecule has 0 fully saturated rings. The minimum absolute atomic E-state index is 0.168. The van der Waals surface area contributed by atoms with Gasteiger partial charge in [-0.15, -0.1) is 0 Å². The van der Waals surface area contributed by atoms with Crippen LogP contribution in [-0.4, -0.2) is 6.29 Å². The molecule has 1 unspecified atom stereocenters. The van der Waals surface area contributed by atoms with E-state index in [1.54, 1.807) is 0 Å². The summed E-state index contributed by atoms with van der Waals surface area (Å²) in [5.41, 5.74) is 3.75. The van der Waals surface area contributed by atoms with Crippen LogP contribution in [0.5, 0.6) is 0 Å². The lowest BCUT2D eigenvalue weighted by molar-refractivity contribution is -0.111. The first-order chi connectivity index (χ1) is 7.65. The molecule has 0 aliphatic carbocycles. The normalized spacial score (nSPS) is 13.6. The van der Waals surface area contributed by atoms with E-state index in [0.717, 1.165) is 19.1 Å². The molecule has 0 saturated carbocycles. The Balaban J connectivity index is 2.68. The summed E-state index contributed by atoms with van der Waals surface area (Å²) < 4.78 is 0. The second-order valence-corrected chi connectivity index (χ2v) is 4.41. The number of hydrogen-bond donors (Lipinski definition) is 0. The number of allylic oxidation sites excluding steroid dienone is 1. The van der Waals surface area contributed by atoms with Gasteiger partial charge in [0.25, 0.3) is 0 Å². The number of carbonyl (C=O) groups excluding carboxylic acids is 1. The highest BCUT2D eigenvalue weighted by molar-refractivity contribution is 5.57. The van der Waals surface area contributed by atoms with E-state index in [4.69, 9.17) is 0 Å². The van der Waals surface area contributed by atoms with Crippen LogP contribution < -0.4 is 0 Å². The third kappa shape index (κ3) is 4.01. The minimum Gasteiger partial charge on any atom is -0.303 e. The molecule has 1 aromatic rings. The standard InChI is InChI=1S/C15H20O/c1-4-14(11-16)9-13(3)10-15-7-5-12(2)6-8-15/h5-8,10-11,14H,4,9H2,1-3H3/b13-10+. The van der Waals surface area contributed by atoms with Crippen LogP contribution in [0.1, 0.15) is 37.8 Å². The summed E-state index contributed by atoms with van der Waals surface area (Å²) >= 11 is 0. The van der Waals surface area contributed by atoms with E-state index in [0.29, 0.717) is 0 Å². The van der Waals surface area contributed by atoms with Crippen LogP contribution in [0.4, 0.5) is 0 Å². The van der Waals surface area contributed by atoms with Crippen molar-refractivity contribution < 1.29 is 4.79 Å². The Hall–Kier alpha value is -1.37. The van der Waals surface area contributed by atoms with Gasteiger partial charge in [0.2, 0.25) is 0 Å². The second kappa shape index (κ2) is 6.26. The smallest absolute Gasteiger partial charge is 0.123 e. The lowest BCUT2D eigenvalue weighted by atomic mass is 9.98. The summed E-state index contributed by atoms with van der Waals surface area (Å²) in [6.45, 7) is 6.23. The zero-order valence-electron chi connectivity index (χ0n) is 10.4. The molecule has 0 spiro atoms. The average Bonchev–Trinajstić information content (AvgIpc) is 2.29. The van der Waals surface area contributed by atoms with E-state index < -0.39 is 0 Å². The lowest BCUT2D eigenvalue weighted by Crippen LogP contribution is -2.00. The highest BCUT2D eigenvalue weighted by atomic mass is 16.1. The van der Waals surface area contributed by atoms with E-state index >= 15 is 0 Å². The third-order valence-corrected chi connectivity index (χ3v) is 2.79. The number of carbonyl (C=O) groups is 1. The Labute approximate surface area is 98.2 Å². The molecule has 16 heavy (non-hydrogen) atoms. The highest BCUT2D eigenvalue weighted by Gasteiger charge is 2.04. The number of aryl methyl sites for hydroxylation is 1. The van der Waals surface area contributed by atoms with Crippen molar-refractivity contribution in [2.75, 3.05) is 0 Å². The second-order valence-electron chi connectivity index (χ2n) is 4.41. The first kappa shape index (κ1) is 12.7. The van der Waals surface area contributed by atoms with Gasteiger partial charge < -0.3 is 4.79 Å². The molecule has 86 valence electrons. The Bertz CT molecular complexity index is 360. The van der Waals surface area contributed by atoms with E-state index in [-0.39, 0.29) is 5.92 Å². The molecule has 1 heteroatoms. The Kier molecular flexibility index (Phi) is 4.97. The monoisotopic (exact) mass is 216 g/mol. The fourth-order valence-corrected chi connectivity index (χ4v) is 1.71. The number of rotatable bonds is 5. The minimum atomic E-state index is 0.168. The molecule has 0 aromatic heterocycles. The SMILES string of the molecule is CCC(C=O)C/C(C)=C/c1ccc(C)cc1. The van der Waals surface area contributed by atoms with Gasteiger partial charge in [0, 0.05) is 5.92 Å². The van der Waals surface area contributed by atoms with Crippen molar-refractivity contribution in [2.24, 2.45) is 5.92 Å². The molecular formula is C15H20O. The number of hydrogen-bond acceptors (Lipinski definition) is 1. The molecule has 0 bridgehead atoms. The van der Waals surface area contributed by atoms with Crippen LogP contribution in [0.2, 0.25) is 0 Å². The van der Waals surface area contributed by atoms with Gasteiger partial charge in [-0.05, 0) is 32.3 Å². The summed E-state index contributed by atoms with van der Waals surface area (Å²) in [5, 5.41) is 0. The summed E-state index contributed by atoms with van der Waals surface area (Å²) in [7, 11) is 0. The molecule has 0 N–H and O–H groups in total. The topological polar surface area (TPSA) is 17.1 Å². The molecule has 0 aliphatic rings. The first-order valence-corrected chi connectivity index (χ1v) is 5.84. The van der Waals surface area contributed by atoms with Gasteiger partial charge in [-0.25, -0.2) is 0 Å². The molecule has 1 aromatic carbocycles. The molecule has 0 aliphatic heterocycles. The third-order valence-electron chi connectivity index (χ3n) is 2.79. The van der Waals surface area contributed by atoms with E-state index in [2.05, 4.69) is 51.1 Å². The van der Waals surface area contributed by atoms with Crippen molar-refractivity contribution in [3.8, 4) is 0 Å². The van der Waals surface area contributed by atoms with Crippen LogP contribution in [0.25, 0.3) is 6.08 Å². The largest absolute Gasteiger partial charge is 0.303 e. The molecular weight excluding hydrogens is 196 g/mol. The maximum absolute atomic E-state index is 10.7. The zero-order chi connectivity index (χ0) is 12.0. The fourth-order valence-electron chi connectivity index (χ4n) is 1.71. The maximum atomic E-state index is 10.7. The Morgan fingerprint density at radius 3 is 2.44 bits per heavy atom. The Morgan fingerprint density at radius 2 is 1.94 bits per heavy atom. The van der Waals surface area contributed by atoms with Gasteiger partial charge in [0.1, 0.15) is 6.29 Å². The van der Waals surface area contributed by atoms with Gasteiger partial charge >= 0.3 is 0 Å². The van der Waals surface area contributed by atoms with E-state index in [9.17, 15) is 4.79 Å². The fraction of sp³-hybridized carbons (Fsp3) is 0.400. The van der Waals surface area contributed by atoms with Crippen LogP contribution in [0.15, 0.2) is 29.8 Å². The predicted molar refractivity (Wildman–Crippen MR) is 69.3 cm³/mol. The van der Waals surface area contributed by atoms with Gasteiger partial charge in [0.05, 0.1) is 0 Å². The number of aldehydes is 1. The van der Waals surface area contributed by atoms with Crippen LogP contribution in [-0.2, 0) is 4.79 Å².